The Morgan fingerprint density at radius 2 is 1.79 bits per heavy atom. The largest absolute Gasteiger partial charge is 0.325 e. The molecule has 1 N–H and O–H groups in total. The number of ketones is 1. The minimum Gasteiger partial charge on any atom is -0.325 e. The van der Waals surface area contributed by atoms with E-state index in [1.165, 1.54) is 5.01 Å². The number of carbonyl (C=O) groups excluding carboxylic acids is 3. The van der Waals surface area contributed by atoms with Crippen LogP contribution >= 0.6 is 0 Å². The molecule has 172 valence electrons. The maximum atomic E-state index is 13.2. The van der Waals surface area contributed by atoms with Gasteiger partial charge < -0.3 is 5.32 Å². The van der Waals surface area contributed by atoms with Crippen LogP contribution in [0.2, 0.25) is 0 Å². The zero-order valence-electron chi connectivity index (χ0n) is 19.6. The minimum atomic E-state index is -1.05. The fraction of sp³-hybridized carbons (Fsp3) is 0.222. The summed E-state index contributed by atoms with van der Waals surface area (Å²) in [5.74, 6) is -1.98. The summed E-state index contributed by atoms with van der Waals surface area (Å²) in [6, 6.07) is 16.2. The Labute approximate surface area is 198 Å². The number of aryl methyl sites for hydroxylation is 2. The molecule has 1 atom stereocenters. The number of anilines is 2. The van der Waals surface area contributed by atoms with E-state index in [1.807, 2.05) is 44.2 Å². The molecule has 0 aliphatic carbocycles. The first-order chi connectivity index (χ1) is 16.3. The molecule has 2 heterocycles. The van der Waals surface area contributed by atoms with Crippen molar-refractivity contribution in [2.75, 3.05) is 10.3 Å². The molecule has 7 heteroatoms. The van der Waals surface area contributed by atoms with Gasteiger partial charge in [-0.15, -0.1) is 0 Å². The summed E-state index contributed by atoms with van der Waals surface area (Å²) in [4.78, 5) is 42.8. The summed E-state index contributed by atoms with van der Waals surface area (Å²) in [6.07, 6.45) is 2.11. The number of pyridine rings is 1. The number of benzene rings is 2. The van der Waals surface area contributed by atoms with Crippen molar-refractivity contribution in [3.05, 3.63) is 77.5 Å². The van der Waals surface area contributed by atoms with E-state index in [0.29, 0.717) is 29.1 Å². The predicted octanol–water partition coefficient (Wildman–Crippen LogP) is 4.94. The molecule has 1 aliphatic rings. The Bertz CT molecular complexity index is 1330. The van der Waals surface area contributed by atoms with Crippen molar-refractivity contribution in [1.29, 1.82) is 0 Å². The lowest BCUT2D eigenvalue weighted by Crippen LogP contribution is -2.36. The highest BCUT2D eigenvalue weighted by molar-refractivity contribution is 6.28. The third-order valence-corrected chi connectivity index (χ3v) is 5.90. The van der Waals surface area contributed by atoms with E-state index < -0.39 is 17.7 Å². The number of aromatic nitrogens is 1. The van der Waals surface area contributed by atoms with Gasteiger partial charge in [0, 0.05) is 29.4 Å². The Balaban J connectivity index is 1.58. The van der Waals surface area contributed by atoms with Crippen molar-refractivity contribution in [1.82, 2.24) is 4.98 Å². The van der Waals surface area contributed by atoms with Crippen LogP contribution in [0.25, 0.3) is 11.3 Å². The lowest BCUT2D eigenvalue weighted by Gasteiger charge is -2.17. The van der Waals surface area contributed by atoms with E-state index in [1.54, 1.807) is 44.3 Å². The van der Waals surface area contributed by atoms with Gasteiger partial charge in [0.25, 0.3) is 5.91 Å². The summed E-state index contributed by atoms with van der Waals surface area (Å²) in [5, 5.41) is 8.43. The quantitative estimate of drug-likeness (QED) is 0.422. The maximum absolute atomic E-state index is 13.2. The molecule has 4 rings (SSSR count). The monoisotopic (exact) mass is 454 g/mol. The van der Waals surface area contributed by atoms with E-state index >= 15 is 0 Å². The van der Waals surface area contributed by atoms with Gasteiger partial charge in [0.2, 0.25) is 5.91 Å². The average Bonchev–Trinajstić information content (AvgIpc) is 3.13. The standard InChI is InChI=1S/C27H26N4O3/c1-5-23(32)19-9-6-10-20(14-19)29-26(33)24-18(4)30-31(27(24)34)21-12-11-16(2)22(15-21)25-17(3)8-7-13-28-25/h6-15,24H,5H2,1-4H3,(H,29,33). The second kappa shape index (κ2) is 9.39. The van der Waals surface area contributed by atoms with E-state index in [2.05, 4.69) is 15.4 Å². The number of nitrogens with zero attached hydrogens (tertiary/aromatic N) is 3. The summed E-state index contributed by atoms with van der Waals surface area (Å²) in [6.45, 7) is 7.42. The molecular formula is C27H26N4O3. The number of hydrogen-bond donors (Lipinski definition) is 1. The van der Waals surface area contributed by atoms with Crippen LogP contribution in [0.4, 0.5) is 11.4 Å². The second-order valence-electron chi connectivity index (χ2n) is 8.34. The van der Waals surface area contributed by atoms with Gasteiger partial charge in [-0.2, -0.15) is 10.1 Å². The molecule has 3 aromatic rings. The summed E-state index contributed by atoms with van der Waals surface area (Å²) in [5.41, 5.74) is 5.74. The van der Waals surface area contributed by atoms with E-state index in [4.69, 9.17) is 0 Å². The zero-order chi connectivity index (χ0) is 24.4. The molecule has 7 nitrogen and oxygen atoms in total. The predicted molar refractivity (Wildman–Crippen MR) is 133 cm³/mol. The van der Waals surface area contributed by atoms with Crippen molar-refractivity contribution in [3.8, 4) is 11.3 Å². The molecule has 1 aromatic heterocycles. The summed E-state index contributed by atoms with van der Waals surface area (Å²) < 4.78 is 0. The minimum absolute atomic E-state index is 0.0183. The van der Waals surface area contributed by atoms with Gasteiger partial charge in [-0.3, -0.25) is 19.4 Å². The smallest absolute Gasteiger partial charge is 0.265 e. The van der Waals surface area contributed by atoms with E-state index in [0.717, 1.165) is 22.4 Å². The SMILES string of the molecule is CCC(=O)c1cccc(NC(=O)C2C(=O)N(c3ccc(C)c(-c4ncccc4C)c3)N=C2C)c1. The van der Waals surface area contributed by atoms with Crippen LogP contribution in [0.15, 0.2) is 65.9 Å². The molecule has 2 amide bonds. The number of hydrazone groups is 1. The Hall–Kier alpha value is -4.13. The number of nitrogens with one attached hydrogen (secondary N) is 1. The maximum Gasteiger partial charge on any atom is 0.265 e. The van der Waals surface area contributed by atoms with Gasteiger partial charge in [-0.25, -0.2) is 0 Å². The highest BCUT2D eigenvalue weighted by atomic mass is 16.2. The molecular weight excluding hydrogens is 428 g/mol. The van der Waals surface area contributed by atoms with Crippen molar-refractivity contribution < 1.29 is 14.4 Å². The summed E-state index contributed by atoms with van der Waals surface area (Å²) >= 11 is 0. The molecule has 1 aliphatic heterocycles. The van der Waals surface area contributed by atoms with Gasteiger partial charge in [0.15, 0.2) is 11.7 Å². The molecule has 0 saturated heterocycles. The molecule has 0 bridgehead atoms. The third-order valence-electron chi connectivity index (χ3n) is 5.90. The number of carbonyl (C=O) groups is 3. The highest BCUT2D eigenvalue weighted by Gasteiger charge is 2.40. The second-order valence-corrected chi connectivity index (χ2v) is 8.34. The van der Waals surface area contributed by atoms with Crippen LogP contribution in [0, 0.1) is 19.8 Å². The first-order valence-corrected chi connectivity index (χ1v) is 11.2. The molecule has 0 radical (unpaired) electrons. The molecule has 2 aromatic carbocycles. The molecule has 0 fully saturated rings. The molecule has 1 unspecified atom stereocenters. The van der Waals surface area contributed by atoms with Gasteiger partial charge in [-0.1, -0.05) is 31.2 Å². The fourth-order valence-corrected chi connectivity index (χ4v) is 4.01. The lowest BCUT2D eigenvalue weighted by molar-refractivity contribution is -0.127. The zero-order valence-corrected chi connectivity index (χ0v) is 19.6. The van der Waals surface area contributed by atoms with Crippen LogP contribution in [0.3, 0.4) is 0 Å². The number of hydrogen-bond acceptors (Lipinski definition) is 5. The van der Waals surface area contributed by atoms with Gasteiger partial charge in [0.1, 0.15) is 0 Å². The lowest BCUT2D eigenvalue weighted by atomic mass is 10.00. The number of amides is 2. The Morgan fingerprint density at radius 3 is 2.53 bits per heavy atom. The van der Waals surface area contributed by atoms with Crippen molar-refractivity contribution in [2.45, 2.75) is 34.1 Å². The van der Waals surface area contributed by atoms with E-state index in [9.17, 15) is 14.4 Å². The normalized spacial score (nSPS) is 15.3. The van der Waals surface area contributed by atoms with Crippen molar-refractivity contribution >= 4 is 34.7 Å². The Morgan fingerprint density at radius 1 is 1.00 bits per heavy atom. The fourth-order valence-electron chi connectivity index (χ4n) is 4.01. The molecule has 0 spiro atoms. The average molecular weight is 455 g/mol. The van der Waals surface area contributed by atoms with Gasteiger partial charge in [0.05, 0.1) is 17.1 Å². The van der Waals surface area contributed by atoms with Crippen LogP contribution in [-0.2, 0) is 9.59 Å². The number of rotatable bonds is 6. The highest BCUT2D eigenvalue weighted by Crippen LogP contribution is 2.32. The van der Waals surface area contributed by atoms with Crippen LogP contribution in [-0.4, -0.2) is 28.3 Å². The van der Waals surface area contributed by atoms with Gasteiger partial charge in [-0.05, 0) is 62.2 Å². The van der Waals surface area contributed by atoms with Crippen LogP contribution in [0.1, 0.15) is 41.8 Å². The van der Waals surface area contributed by atoms with Crippen LogP contribution < -0.4 is 10.3 Å². The van der Waals surface area contributed by atoms with Gasteiger partial charge >= 0.3 is 0 Å². The topological polar surface area (TPSA) is 91.7 Å². The van der Waals surface area contributed by atoms with E-state index in [-0.39, 0.29) is 5.78 Å². The van der Waals surface area contributed by atoms with Crippen LogP contribution in [0.5, 0.6) is 0 Å². The van der Waals surface area contributed by atoms with Crippen molar-refractivity contribution in [3.63, 3.8) is 0 Å². The first-order valence-electron chi connectivity index (χ1n) is 11.2. The molecule has 0 saturated carbocycles. The first kappa shape index (κ1) is 23.0. The third kappa shape index (κ3) is 4.37. The Kier molecular flexibility index (Phi) is 6.36. The number of Topliss-reactive ketones (excluding diaryl/α,β-unsaturated/α-hetero) is 1. The van der Waals surface area contributed by atoms with Crippen molar-refractivity contribution in [2.24, 2.45) is 11.0 Å². The summed E-state index contributed by atoms with van der Waals surface area (Å²) in [7, 11) is 0. The molecule has 34 heavy (non-hydrogen) atoms.